The van der Waals surface area contributed by atoms with E-state index in [1.54, 1.807) is 24.0 Å². The summed E-state index contributed by atoms with van der Waals surface area (Å²) in [5.41, 5.74) is 4.51. The summed E-state index contributed by atoms with van der Waals surface area (Å²) >= 11 is 0. The number of nitrogens with zero attached hydrogens (tertiary/aromatic N) is 1. The Hall–Kier alpha value is -3.22. The smallest absolute Gasteiger partial charge is 0.410 e. The average Bonchev–Trinajstić information content (AvgIpc) is 3.17. The molecule has 3 aromatic carbocycles. The molecule has 2 saturated heterocycles. The van der Waals surface area contributed by atoms with Crippen LogP contribution in [0.2, 0.25) is 0 Å². The molecule has 2 fully saturated rings. The maximum Gasteiger partial charge on any atom is 0.410 e. The first kappa shape index (κ1) is 22.3. The van der Waals surface area contributed by atoms with E-state index in [4.69, 9.17) is 9.47 Å². The second-order valence-corrected chi connectivity index (χ2v) is 9.91. The molecule has 0 radical (unpaired) electrons. The molecule has 35 heavy (non-hydrogen) atoms. The molecule has 1 amide bonds. The SMILES string of the molecule is Cc1c(F)cccc1C1(O)CC2COCC(C1)N2C(=O)OCC1c2ccccc2-c2ccccc21. The van der Waals surface area contributed by atoms with Gasteiger partial charge >= 0.3 is 6.09 Å². The molecule has 6 rings (SSSR count). The Labute approximate surface area is 204 Å². The van der Waals surface area contributed by atoms with Gasteiger partial charge in [0.25, 0.3) is 0 Å². The third-order valence-electron chi connectivity index (χ3n) is 7.87. The lowest BCUT2D eigenvalue weighted by Crippen LogP contribution is -2.62. The molecule has 1 aliphatic carbocycles. The topological polar surface area (TPSA) is 59.0 Å². The van der Waals surface area contributed by atoms with Crippen molar-refractivity contribution < 1.29 is 23.8 Å². The number of rotatable bonds is 3. The first-order valence-corrected chi connectivity index (χ1v) is 12.2. The highest BCUT2D eigenvalue weighted by atomic mass is 19.1. The van der Waals surface area contributed by atoms with Crippen molar-refractivity contribution >= 4 is 6.09 Å². The van der Waals surface area contributed by atoms with Crippen molar-refractivity contribution in [2.24, 2.45) is 0 Å². The lowest BCUT2D eigenvalue weighted by molar-refractivity contribution is -0.136. The molecule has 2 aliphatic heterocycles. The molecule has 6 heteroatoms. The van der Waals surface area contributed by atoms with Crippen LogP contribution in [0.25, 0.3) is 11.1 Å². The quantitative estimate of drug-likeness (QED) is 0.573. The van der Waals surface area contributed by atoms with E-state index in [0.29, 0.717) is 24.3 Å². The van der Waals surface area contributed by atoms with Gasteiger partial charge in [-0.1, -0.05) is 60.7 Å². The Morgan fingerprint density at radius 3 is 2.23 bits per heavy atom. The molecule has 5 nitrogen and oxygen atoms in total. The molecule has 1 N–H and O–H groups in total. The van der Waals surface area contributed by atoms with Crippen LogP contribution in [0.15, 0.2) is 66.7 Å². The maximum atomic E-state index is 14.2. The number of hydrogen-bond acceptors (Lipinski definition) is 4. The summed E-state index contributed by atoms with van der Waals surface area (Å²) in [7, 11) is 0. The standard InChI is InChI=1S/C29H28FNO4/c1-18-26(11-6-12-27(18)30)29(33)13-19-15-34-16-20(14-29)31(19)28(32)35-17-25-23-9-4-2-7-21(23)22-8-3-5-10-24(22)25/h2-12,19-20,25,33H,13-17H2,1H3. The third-order valence-corrected chi connectivity index (χ3v) is 7.87. The first-order chi connectivity index (χ1) is 17.0. The van der Waals surface area contributed by atoms with Gasteiger partial charge < -0.3 is 14.6 Å². The van der Waals surface area contributed by atoms with Crippen LogP contribution < -0.4 is 0 Å². The van der Waals surface area contributed by atoms with Gasteiger partial charge in [0.2, 0.25) is 0 Å². The minimum absolute atomic E-state index is 0.0147. The number of morpholine rings is 1. The van der Waals surface area contributed by atoms with E-state index in [9.17, 15) is 14.3 Å². The van der Waals surface area contributed by atoms with Crippen molar-refractivity contribution in [2.45, 2.75) is 43.4 Å². The molecule has 0 aromatic heterocycles. The van der Waals surface area contributed by atoms with Gasteiger partial charge in [-0.25, -0.2) is 9.18 Å². The Kier molecular flexibility index (Phi) is 5.38. The zero-order valence-corrected chi connectivity index (χ0v) is 19.6. The number of aliphatic hydroxyl groups is 1. The Morgan fingerprint density at radius 1 is 1.00 bits per heavy atom. The van der Waals surface area contributed by atoms with E-state index in [-0.39, 0.29) is 49.4 Å². The van der Waals surface area contributed by atoms with E-state index in [1.807, 2.05) is 24.3 Å². The number of piperidine rings is 1. The van der Waals surface area contributed by atoms with Crippen LogP contribution in [-0.2, 0) is 15.1 Å². The number of ether oxygens (including phenoxy) is 2. The molecule has 0 saturated carbocycles. The van der Waals surface area contributed by atoms with E-state index >= 15 is 0 Å². The van der Waals surface area contributed by atoms with Gasteiger partial charge in [0.05, 0.1) is 30.9 Å². The van der Waals surface area contributed by atoms with Crippen LogP contribution in [0.1, 0.15) is 41.0 Å². The van der Waals surface area contributed by atoms with Gasteiger partial charge in [0.15, 0.2) is 0 Å². The predicted molar refractivity (Wildman–Crippen MR) is 130 cm³/mol. The van der Waals surface area contributed by atoms with Gasteiger partial charge in [-0.15, -0.1) is 0 Å². The van der Waals surface area contributed by atoms with Crippen LogP contribution in [-0.4, -0.2) is 48.0 Å². The molecule has 2 heterocycles. The largest absolute Gasteiger partial charge is 0.448 e. The van der Waals surface area contributed by atoms with Gasteiger partial charge in [-0.05, 0) is 46.4 Å². The molecule has 2 atom stereocenters. The number of hydrogen-bond donors (Lipinski definition) is 1. The van der Waals surface area contributed by atoms with Crippen molar-refractivity contribution in [1.82, 2.24) is 4.90 Å². The summed E-state index contributed by atoms with van der Waals surface area (Å²) in [4.78, 5) is 15.1. The van der Waals surface area contributed by atoms with E-state index in [0.717, 1.165) is 0 Å². The van der Waals surface area contributed by atoms with Crippen molar-refractivity contribution in [3.05, 3.63) is 94.8 Å². The van der Waals surface area contributed by atoms with Crippen LogP contribution in [0.3, 0.4) is 0 Å². The van der Waals surface area contributed by atoms with Gasteiger partial charge in [0, 0.05) is 18.8 Å². The number of halogens is 1. The summed E-state index contributed by atoms with van der Waals surface area (Å²) in [5, 5.41) is 11.6. The Bertz CT molecular complexity index is 1230. The van der Waals surface area contributed by atoms with Crippen LogP contribution >= 0.6 is 0 Å². The predicted octanol–water partition coefficient (Wildman–Crippen LogP) is 5.13. The lowest BCUT2D eigenvalue weighted by Gasteiger charge is -2.51. The van der Waals surface area contributed by atoms with Crippen LogP contribution in [0.5, 0.6) is 0 Å². The second kappa shape index (κ2) is 8.47. The zero-order chi connectivity index (χ0) is 24.2. The third kappa shape index (κ3) is 3.63. The van der Waals surface area contributed by atoms with Gasteiger partial charge in [-0.3, -0.25) is 4.90 Å². The second-order valence-electron chi connectivity index (χ2n) is 9.91. The first-order valence-electron chi connectivity index (χ1n) is 12.2. The normalized spacial score (nSPS) is 25.2. The van der Waals surface area contributed by atoms with E-state index in [1.165, 1.54) is 28.3 Å². The summed E-state index contributed by atoms with van der Waals surface area (Å²) in [6.07, 6.45) is 0.166. The number of carbonyl (C=O) groups excluding carboxylic acids is 1. The molecular weight excluding hydrogens is 445 g/mol. The summed E-state index contributed by atoms with van der Waals surface area (Å²) in [6.45, 7) is 2.57. The highest BCUT2D eigenvalue weighted by molar-refractivity contribution is 5.79. The highest BCUT2D eigenvalue weighted by Gasteiger charge is 2.50. The number of benzene rings is 3. The summed E-state index contributed by atoms with van der Waals surface area (Å²) in [6, 6.07) is 20.6. The fraction of sp³-hybridized carbons (Fsp3) is 0.345. The van der Waals surface area contributed by atoms with Crippen LogP contribution in [0.4, 0.5) is 9.18 Å². The molecule has 2 unspecified atom stereocenters. The maximum absolute atomic E-state index is 14.2. The highest BCUT2D eigenvalue weighted by Crippen LogP contribution is 2.45. The number of fused-ring (bicyclic) bond motifs is 5. The number of carbonyl (C=O) groups is 1. The minimum Gasteiger partial charge on any atom is -0.448 e. The van der Waals surface area contributed by atoms with Crippen LogP contribution in [0, 0.1) is 12.7 Å². The van der Waals surface area contributed by atoms with Gasteiger partial charge in [0.1, 0.15) is 12.4 Å². The lowest BCUT2D eigenvalue weighted by atomic mass is 9.75. The van der Waals surface area contributed by atoms with Crippen molar-refractivity contribution in [3.8, 4) is 11.1 Å². The number of amides is 1. The molecule has 3 aliphatic rings. The molecule has 0 spiro atoms. The molecule has 2 bridgehead atoms. The Balaban J connectivity index is 1.22. The summed E-state index contributed by atoms with van der Waals surface area (Å²) in [5.74, 6) is -0.351. The van der Waals surface area contributed by atoms with Crippen molar-refractivity contribution in [1.29, 1.82) is 0 Å². The summed E-state index contributed by atoms with van der Waals surface area (Å²) < 4.78 is 25.9. The fourth-order valence-electron chi connectivity index (χ4n) is 6.27. The minimum atomic E-state index is -1.22. The van der Waals surface area contributed by atoms with Crippen molar-refractivity contribution in [2.75, 3.05) is 19.8 Å². The van der Waals surface area contributed by atoms with Crippen molar-refractivity contribution in [3.63, 3.8) is 0 Å². The Morgan fingerprint density at radius 2 is 1.60 bits per heavy atom. The zero-order valence-electron chi connectivity index (χ0n) is 19.6. The van der Waals surface area contributed by atoms with E-state index in [2.05, 4.69) is 24.3 Å². The van der Waals surface area contributed by atoms with E-state index < -0.39 is 5.60 Å². The molecule has 3 aromatic rings. The molecule has 180 valence electrons. The molecular formula is C29H28FNO4. The average molecular weight is 474 g/mol. The monoisotopic (exact) mass is 473 g/mol. The fourth-order valence-corrected chi connectivity index (χ4v) is 6.27. The van der Waals surface area contributed by atoms with Gasteiger partial charge in [-0.2, -0.15) is 0 Å².